The number of isothiocyanates is 1. The number of aliphatic imine (C=N–C) groups is 1. The van der Waals surface area contributed by atoms with Crippen molar-refractivity contribution >= 4 is 23.1 Å². The highest BCUT2D eigenvalue weighted by atomic mass is 32.1. The minimum Gasteiger partial charge on any atom is -0.258 e. The molecule has 4 nitrogen and oxygen atoms in total. The highest BCUT2D eigenvalue weighted by Gasteiger charge is 2.02. The Hall–Kier alpha value is -1.58. The Kier molecular flexibility index (Phi) is 3.91. The molecule has 0 aliphatic carbocycles. The number of thiocarbonyl (C=S) groups is 1. The van der Waals surface area contributed by atoms with E-state index in [1.54, 1.807) is 12.1 Å². The van der Waals surface area contributed by atoms with Crippen LogP contribution in [0.4, 0.5) is 5.69 Å². The number of hydrogen-bond acceptors (Lipinski definition) is 4. The number of nitro groups is 1. The second kappa shape index (κ2) is 5.21. The van der Waals surface area contributed by atoms with Gasteiger partial charge in [0.25, 0.3) is 5.69 Å². The van der Waals surface area contributed by atoms with Gasteiger partial charge in [0.05, 0.1) is 16.6 Å². The van der Waals surface area contributed by atoms with Gasteiger partial charge in [-0.25, -0.2) is 4.99 Å². The number of hydrogen-bond donors (Lipinski definition) is 0. The summed E-state index contributed by atoms with van der Waals surface area (Å²) in [5.74, 6) is 0. The van der Waals surface area contributed by atoms with E-state index in [2.05, 4.69) is 22.4 Å². The van der Waals surface area contributed by atoms with E-state index in [-0.39, 0.29) is 5.69 Å². The Balaban J connectivity index is 2.64. The maximum absolute atomic E-state index is 10.3. The Morgan fingerprint density at radius 1 is 1.43 bits per heavy atom. The summed E-state index contributed by atoms with van der Waals surface area (Å²) >= 11 is 4.42. The molecule has 72 valence electrons. The van der Waals surface area contributed by atoms with Crippen LogP contribution in [0.5, 0.6) is 0 Å². The van der Waals surface area contributed by atoms with Crippen molar-refractivity contribution in [2.45, 2.75) is 6.42 Å². The molecule has 0 aliphatic heterocycles. The fourth-order valence-electron chi connectivity index (χ4n) is 1.01. The molecule has 0 amide bonds. The second-order valence-electron chi connectivity index (χ2n) is 2.65. The molecule has 0 atom stereocenters. The van der Waals surface area contributed by atoms with Crippen LogP contribution in [-0.2, 0) is 6.42 Å². The van der Waals surface area contributed by atoms with Gasteiger partial charge >= 0.3 is 0 Å². The van der Waals surface area contributed by atoms with Crippen LogP contribution in [0, 0.1) is 10.1 Å². The third-order valence-electron chi connectivity index (χ3n) is 1.72. The third-order valence-corrected chi connectivity index (χ3v) is 1.85. The van der Waals surface area contributed by atoms with Gasteiger partial charge in [-0.2, -0.15) is 0 Å². The predicted octanol–water partition coefficient (Wildman–Crippen LogP) is 2.24. The maximum atomic E-state index is 10.3. The summed E-state index contributed by atoms with van der Waals surface area (Å²) in [5.41, 5.74) is 1.11. The monoisotopic (exact) mass is 208 g/mol. The first-order valence-electron chi connectivity index (χ1n) is 4.01. The number of nitro benzene ring substituents is 1. The lowest BCUT2D eigenvalue weighted by Gasteiger charge is -1.96. The molecule has 0 saturated carbocycles. The van der Waals surface area contributed by atoms with Gasteiger partial charge in [-0.3, -0.25) is 10.1 Å². The van der Waals surface area contributed by atoms with E-state index in [0.717, 1.165) is 12.0 Å². The molecule has 0 spiro atoms. The van der Waals surface area contributed by atoms with Crippen LogP contribution < -0.4 is 0 Å². The van der Waals surface area contributed by atoms with Crippen LogP contribution in [0.1, 0.15) is 5.56 Å². The van der Waals surface area contributed by atoms with Crippen molar-refractivity contribution in [2.75, 3.05) is 6.54 Å². The largest absolute Gasteiger partial charge is 0.269 e. The van der Waals surface area contributed by atoms with Crippen molar-refractivity contribution in [3.8, 4) is 0 Å². The molecule has 1 rings (SSSR count). The fraction of sp³-hybridized carbons (Fsp3) is 0.222. The molecule has 0 radical (unpaired) electrons. The van der Waals surface area contributed by atoms with Gasteiger partial charge in [0.15, 0.2) is 0 Å². The summed E-state index contributed by atoms with van der Waals surface area (Å²) in [6.07, 6.45) is 0.724. The number of nitrogens with zero attached hydrogens (tertiary/aromatic N) is 2. The molecule has 0 fully saturated rings. The lowest BCUT2D eigenvalue weighted by atomic mass is 10.1. The molecule has 1 aromatic rings. The van der Waals surface area contributed by atoms with Crippen LogP contribution in [0.25, 0.3) is 0 Å². The third kappa shape index (κ3) is 3.05. The lowest BCUT2D eigenvalue weighted by molar-refractivity contribution is -0.384. The van der Waals surface area contributed by atoms with E-state index >= 15 is 0 Å². The summed E-state index contributed by atoms with van der Waals surface area (Å²) in [5, 5.41) is 12.6. The molecule has 0 saturated heterocycles. The van der Waals surface area contributed by atoms with Crippen LogP contribution in [0.2, 0.25) is 0 Å². The Morgan fingerprint density at radius 2 is 2.07 bits per heavy atom. The van der Waals surface area contributed by atoms with Crippen molar-refractivity contribution in [2.24, 2.45) is 4.99 Å². The first kappa shape index (κ1) is 10.5. The van der Waals surface area contributed by atoms with Crippen LogP contribution in [0.3, 0.4) is 0 Å². The van der Waals surface area contributed by atoms with Crippen molar-refractivity contribution in [3.05, 3.63) is 39.9 Å². The van der Waals surface area contributed by atoms with Crippen LogP contribution >= 0.6 is 12.2 Å². The van der Waals surface area contributed by atoms with Crippen molar-refractivity contribution in [3.63, 3.8) is 0 Å². The van der Waals surface area contributed by atoms with Crippen molar-refractivity contribution in [1.82, 2.24) is 0 Å². The van der Waals surface area contributed by atoms with Crippen LogP contribution in [-0.4, -0.2) is 16.6 Å². The van der Waals surface area contributed by atoms with Gasteiger partial charge in [-0.05, 0) is 24.2 Å². The van der Waals surface area contributed by atoms with E-state index in [4.69, 9.17) is 0 Å². The van der Waals surface area contributed by atoms with E-state index in [0.29, 0.717) is 6.54 Å². The minimum absolute atomic E-state index is 0.104. The molecule has 0 unspecified atom stereocenters. The first-order valence-corrected chi connectivity index (χ1v) is 4.42. The second-order valence-corrected chi connectivity index (χ2v) is 2.83. The van der Waals surface area contributed by atoms with E-state index in [1.807, 2.05) is 0 Å². The normalized spacial score (nSPS) is 9.14. The molecule has 14 heavy (non-hydrogen) atoms. The average Bonchev–Trinajstić information content (AvgIpc) is 2.19. The number of rotatable bonds is 4. The van der Waals surface area contributed by atoms with Crippen molar-refractivity contribution in [1.29, 1.82) is 0 Å². The molecule has 0 bridgehead atoms. The molecule has 1 aromatic carbocycles. The fourth-order valence-corrected chi connectivity index (χ4v) is 1.11. The molecular formula is C9H8N2O2S. The summed E-state index contributed by atoms with van der Waals surface area (Å²) < 4.78 is 0. The number of benzene rings is 1. The SMILES string of the molecule is O=[N+]([O-])c1ccc(CCN=C=S)cc1. The summed E-state index contributed by atoms with van der Waals surface area (Å²) in [6, 6.07) is 6.40. The predicted molar refractivity (Wildman–Crippen MR) is 56.7 cm³/mol. The summed E-state index contributed by atoms with van der Waals surface area (Å²) in [4.78, 5) is 13.7. The highest BCUT2D eigenvalue weighted by Crippen LogP contribution is 2.11. The standard InChI is InChI=1S/C9H8N2O2S/c12-11(13)9-3-1-8(2-4-9)5-6-10-7-14/h1-4H,5-6H2. The maximum Gasteiger partial charge on any atom is 0.269 e. The number of non-ortho nitro benzene ring substituents is 1. The molecule has 0 aliphatic rings. The van der Waals surface area contributed by atoms with Gasteiger partial charge in [0, 0.05) is 12.1 Å². The van der Waals surface area contributed by atoms with Gasteiger partial charge in [-0.15, -0.1) is 0 Å². The molecular weight excluding hydrogens is 200 g/mol. The smallest absolute Gasteiger partial charge is 0.258 e. The highest BCUT2D eigenvalue weighted by molar-refractivity contribution is 7.78. The summed E-state index contributed by atoms with van der Waals surface area (Å²) in [6.45, 7) is 0.571. The Labute approximate surface area is 86.4 Å². The molecule has 0 aromatic heterocycles. The van der Waals surface area contributed by atoms with Gasteiger partial charge in [0.1, 0.15) is 0 Å². The Bertz CT molecular complexity index is 369. The van der Waals surface area contributed by atoms with Gasteiger partial charge in [0.2, 0.25) is 0 Å². The van der Waals surface area contributed by atoms with Gasteiger partial charge in [-0.1, -0.05) is 12.1 Å². The lowest BCUT2D eigenvalue weighted by Crippen LogP contribution is -1.91. The quantitative estimate of drug-likeness (QED) is 0.330. The molecule has 0 heterocycles. The van der Waals surface area contributed by atoms with Gasteiger partial charge < -0.3 is 0 Å². The minimum atomic E-state index is -0.418. The summed E-state index contributed by atoms with van der Waals surface area (Å²) in [7, 11) is 0. The van der Waals surface area contributed by atoms with E-state index in [9.17, 15) is 10.1 Å². The van der Waals surface area contributed by atoms with Crippen LogP contribution in [0.15, 0.2) is 29.3 Å². The van der Waals surface area contributed by atoms with E-state index < -0.39 is 4.92 Å². The first-order chi connectivity index (χ1) is 6.74. The topological polar surface area (TPSA) is 55.5 Å². The zero-order valence-electron chi connectivity index (χ0n) is 7.34. The molecule has 0 N–H and O–H groups in total. The zero-order chi connectivity index (χ0) is 10.4. The zero-order valence-corrected chi connectivity index (χ0v) is 8.16. The Morgan fingerprint density at radius 3 is 2.57 bits per heavy atom. The molecule has 5 heteroatoms. The average molecular weight is 208 g/mol. The van der Waals surface area contributed by atoms with E-state index in [1.165, 1.54) is 12.1 Å². The van der Waals surface area contributed by atoms with Crippen molar-refractivity contribution < 1.29 is 4.92 Å².